The first kappa shape index (κ1) is 9.21. The highest BCUT2D eigenvalue weighted by atomic mass is 16.4. The Morgan fingerprint density at radius 3 is 2.40 bits per heavy atom. The molecule has 0 spiro atoms. The fourth-order valence-electron chi connectivity index (χ4n) is 0.936. The number of hydrogen-bond donors (Lipinski definition) is 1. The third kappa shape index (κ3) is 2.21. The van der Waals surface area contributed by atoms with Crippen LogP contribution in [0, 0.1) is 11.8 Å². The van der Waals surface area contributed by atoms with Crippen molar-refractivity contribution in [1.29, 1.82) is 0 Å². The van der Waals surface area contributed by atoms with Gasteiger partial charge < -0.3 is 5.11 Å². The first-order valence-electron chi connectivity index (χ1n) is 3.48. The second kappa shape index (κ2) is 4.09. The number of carboxylic acids is 1. The number of carboxylic acid groups (broad SMARTS) is 1. The van der Waals surface area contributed by atoms with Crippen LogP contribution in [0.1, 0.15) is 20.3 Å². The Morgan fingerprint density at radius 1 is 1.80 bits per heavy atom. The molecule has 1 N–H and O–H groups in total. The summed E-state index contributed by atoms with van der Waals surface area (Å²) < 4.78 is 0. The Morgan fingerprint density at radius 2 is 2.30 bits per heavy atom. The van der Waals surface area contributed by atoms with Crippen LogP contribution in [-0.4, -0.2) is 11.1 Å². The summed E-state index contributed by atoms with van der Waals surface area (Å²) in [6.45, 7) is 7.29. The standard InChI is InChI=1S/C8H14O2/c1-4-6(3)7(5-2)8(9)10/h4,6-7H,1,5H2,2-3H3,(H,9,10)/t6-,7-/m1/s1. The monoisotopic (exact) mass is 142 g/mol. The van der Waals surface area contributed by atoms with E-state index in [1.54, 1.807) is 6.08 Å². The molecule has 0 radical (unpaired) electrons. The lowest BCUT2D eigenvalue weighted by atomic mass is 9.92. The van der Waals surface area contributed by atoms with E-state index in [2.05, 4.69) is 6.58 Å². The predicted molar refractivity (Wildman–Crippen MR) is 40.8 cm³/mol. The predicted octanol–water partition coefficient (Wildman–Crippen LogP) is 1.92. The summed E-state index contributed by atoms with van der Waals surface area (Å²) in [4.78, 5) is 10.5. The fraction of sp³-hybridized carbons (Fsp3) is 0.625. The van der Waals surface area contributed by atoms with E-state index in [1.807, 2.05) is 13.8 Å². The topological polar surface area (TPSA) is 37.3 Å². The summed E-state index contributed by atoms with van der Waals surface area (Å²) in [5.41, 5.74) is 0. The van der Waals surface area contributed by atoms with E-state index >= 15 is 0 Å². The molecule has 0 heterocycles. The Balaban J connectivity index is 4.05. The molecule has 2 nitrogen and oxygen atoms in total. The maximum Gasteiger partial charge on any atom is 0.307 e. The molecule has 2 atom stereocenters. The summed E-state index contributed by atoms with van der Waals surface area (Å²) in [5, 5.41) is 8.63. The van der Waals surface area contributed by atoms with Gasteiger partial charge in [0.1, 0.15) is 0 Å². The van der Waals surface area contributed by atoms with E-state index in [4.69, 9.17) is 5.11 Å². The van der Waals surface area contributed by atoms with Crippen molar-refractivity contribution >= 4 is 5.97 Å². The number of rotatable bonds is 4. The highest BCUT2D eigenvalue weighted by Gasteiger charge is 2.19. The van der Waals surface area contributed by atoms with Crippen LogP contribution in [-0.2, 0) is 4.79 Å². The molecule has 0 aromatic carbocycles. The molecule has 0 amide bonds. The summed E-state index contributed by atoms with van der Waals surface area (Å²) in [6, 6.07) is 0. The van der Waals surface area contributed by atoms with Gasteiger partial charge >= 0.3 is 5.97 Å². The number of allylic oxidation sites excluding steroid dienone is 1. The van der Waals surface area contributed by atoms with Crippen LogP contribution < -0.4 is 0 Å². The molecule has 0 aromatic heterocycles. The third-order valence-corrected chi connectivity index (χ3v) is 1.76. The van der Waals surface area contributed by atoms with Gasteiger partial charge in [0.15, 0.2) is 0 Å². The molecule has 0 aliphatic carbocycles. The lowest BCUT2D eigenvalue weighted by Crippen LogP contribution is -2.18. The van der Waals surface area contributed by atoms with Gasteiger partial charge in [-0.15, -0.1) is 6.58 Å². The van der Waals surface area contributed by atoms with Crippen molar-refractivity contribution in [1.82, 2.24) is 0 Å². The van der Waals surface area contributed by atoms with Gasteiger partial charge in [-0.25, -0.2) is 0 Å². The molecule has 0 fully saturated rings. The fourth-order valence-corrected chi connectivity index (χ4v) is 0.936. The van der Waals surface area contributed by atoms with Gasteiger partial charge in [-0.2, -0.15) is 0 Å². The molecule has 0 saturated carbocycles. The minimum absolute atomic E-state index is 0.0718. The van der Waals surface area contributed by atoms with Crippen molar-refractivity contribution in [2.24, 2.45) is 11.8 Å². The molecule has 58 valence electrons. The zero-order chi connectivity index (χ0) is 8.15. The van der Waals surface area contributed by atoms with E-state index in [0.29, 0.717) is 6.42 Å². The van der Waals surface area contributed by atoms with Crippen LogP contribution in [0.25, 0.3) is 0 Å². The van der Waals surface area contributed by atoms with Crippen LogP contribution in [0.3, 0.4) is 0 Å². The minimum Gasteiger partial charge on any atom is -0.481 e. The zero-order valence-corrected chi connectivity index (χ0v) is 6.50. The molecular weight excluding hydrogens is 128 g/mol. The number of aliphatic carboxylic acids is 1. The Bertz CT molecular complexity index is 129. The molecular formula is C8H14O2. The summed E-state index contributed by atoms with van der Waals surface area (Å²) in [5.74, 6) is -0.921. The average molecular weight is 142 g/mol. The van der Waals surface area contributed by atoms with Gasteiger partial charge in [0.05, 0.1) is 5.92 Å². The Kier molecular flexibility index (Phi) is 3.77. The van der Waals surface area contributed by atoms with Crippen molar-refractivity contribution < 1.29 is 9.90 Å². The smallest absolute Gasteiger partial charge is 0.307 e. The van der Waals surface area contributed by atoms with Crippen LogP contribution in [0.15, 0.2) is 12.7 Å². The van der Waals surface area contributed by atoms with Crippen molar-refractivity contribution in [2.75, 3.05) is 0 Å². The second-order valence-electron chi connectivity index (χ2n) is 2.45. The molecule has 0 unspecified atom stereocenters. The van der Waals surface area contributed by atoms with E-state index < -0.39 is 5.97 Å². The molecule has 0 bridgehead atoms. The lowest BCUT2D eigenvalue weighted by Gasteiger charge is -2.13. The molecule has 10 heavy (non-hydrogen) atoms. The third-order valence-electron chi connectivity index (χ3n) is 1.76. The van der Waals surface area contributed by atoms with E-state index in [9.17, 15) is 4.79 Å². The quantitative estimate of drug-likeness (QED) is 0.609. The first-order valence-corrected chi connectivity index (χ1v) is 3.48. The molecule has 2 heteroatoms. The van der Waals surface area contributed by atoms with E-state index in [-0.39, 0.29) is 11.8 Å². The van der Waals surface area contributed by atoms with Gasteiger partial charge in [0.2, 0.25) is 0 Å². The van der Waals surface area contributed by atoms with Crippen LogP contribution in [0.2, 0.25) is 0 Å². The van der Waals surface area contributed by atoms with Crippen LogP contribution in [0.5, 0.6) is 0 Å². The lowest BCUT2D eigenvalue weighted by molar-refractivity contribution is -0.142. The van der Waals surface area contributed by atoms with Crippen molar-refractivity contribution in [3.8, 4) is 0 Å². The molecule has 0 aliphatic heterocycles. The van der Waals surface area contributed by atoms with Gasteiger partial charge in [-0.1, -0.05) is 19.9 Å². The van der Waals surface area contributed by atoms with Gasteiger partial charge in [-0.3, -0.25) is 4.79 Å². The minimum atomic E-state index is -0.727. The first-order chi connectivity index (χ1) is 4.63. The molecule has 0 aliphatic rings. The molecule has 0 saturated heterocycles. The van der Waals surface area contributed by atoms with Crippen molar-refractivity contribution in [3.05, 3.63) is 12.7 Å². The van der Waals surface area contributed by atoms with Crippen LogP contribution >= 0.6 is 0 Å². The normalized spacial score (nSPS) is 15.8. The van der Waals surface area contributed by atoms with E-state index in [1.165, 1.54) is 0 Å². The van der Waals surface area contributed by atoms with E-state index in [0.717, 1.165) is 0 Å². The Labute approximate surface area is 61.6 Å². The van der Waals surface area contributed by atoms with Crippen molar-refractivity contribution in [3.63, 3.8) is 0 Å². The highest BCUT2D eigenvalue weighted by Crippen LogP contribution is 2.15. The Hall–Kier alpha value is -0.790. The maximum absolute atomic E-state index is 10.5. The molecule has 0 aromatic rings. The van der Waals surface area contributed by atoms with Gasteiger partial charge in [0, 0.05) is 0 Å². The van der Waals surface area contributed by atoms with Gasteiger partial charge in [0.25, 0.3) is 0 Å². The SMILES string of the molecule is C=C[C@@H](C)[C@@H](CC)C(=O)O. The molecule has 0 rings (SSSR count). The maximum atomic E-state index is 10.5. The average Bonchev–Trinajstić information content (AvgIpc) is 1.88. The largest absolute Gasteiger partial charge is 0.481 e. The summed E-state index contributed by atoms with van der Waals surface area (Å²) >= 11 is 0. The summed E-state index contributed by atoms with van der Waals surface area (Å²) in [6.07, 6.45) is 2.35. The van der Waals surface area contributed by atoms with Gasteiger partial charge in [-0.05, 0) is 12.3 Å². The zero-order valence-electron chi connectivity index (χ0n) is 6.50. The number of carbonyl (C=O) groups is 1. The highest BCUT2D eigenvalue weighted by molar-refractivity contribution is 5.70. The van der Waals surface area contributed by atoms with Crippen LogP contribution in [0.4, 0.5) is 0 Å². The van der Waals surface area contributed by atoms with Crippen molar-refractivity contribution in [2.45, 2.75) is 20.3 Å². The number of hydrogen-bond acceptors (Lipinski definition) is 1. The second-order valence-corrected chi connectivity index (χ2v) is 2.45. The summed E-state index contributed by atoms with van der Waals surface area (Å²) in [7, 11) is 0.